The number of hydrogen-bond donors (Lipinski definition) is 3. The lowest BCUT2D eigenvalue weighted by atomic mass is 10.2. The maximum Gasteiger partial charge on any atom is 0.251 e. The van der Waals surface area contributed by atoms with Crippen LogP contribution in [0.15, 0.2) is 24.3 Å². The van der Waals surface area contributed by atoms with Gasteiger partial charge < -0.3 is 15.7 Å². The first-order valence-electron chi connectivity index (χ1n) is 5.52. The van der Waals surface area contributed by atoms with E-state index in [9.17, 15) is 4.79 Å². The zero-order chi connectivity index (χ0) is 11.8. The normalized spacial score (nSPS) is 10.1. The quantitative estimate of drug-likeness (QED) is 0.632. The van der Waals surface area contributed by atoms with E-state index < -0.39 is 0 Å². The van der Waals surface area contributed by atoms with Crippen molar-refractivity contribution in [3.8, 4) is 5.75 Å². The summed E-state index contributed by atoms with van der Waals surface area (Å²) in [4.78, 5) is 11.6. The van der Waals surface area contributed by atoms with Gasteiger partial charge in [-0.05, 0) is 37.2 Å². The molecule has 0 fully saturated rings. The molecule has 0 saturated heterocycles. The molecule has 0 radical (unpaired) electrons. The summed E-state index contributed by atoms with van der Waals surface area (Å²) in [6, 6.07) is 6.21. The van der Waals surface area contributed by atoms with Crippen LogP contribution >= 0.6 is 0 Å². The van der Waals surface area contributed by atoms with Gasteiger partial charge in [-0.1, -0.05) is 6.92 Å². The third kappa shape index (κ3) is 4.31. The Kier molecular flexibility index (Phi) is 5.36. The van der Waals surface area contributed by atoms with E-state index in [1.807, 2.05) is 0 Å². The molecule has 0 bridgehead atoms. The molecule has 0 spiro atoms. The van der Waals surface area contributed by atoms with Crippen LogP contribution in [0.25, 0.3) is 0 Å². The van der Waals surface area contributed by atoms with Crippen LogP contribution in [0.5, 0.6) is 5.75 Å². The van der Waals surface area contributed by atoms with Crippen molar-refractivity contribution in [2.75, 3.05) is 19.6 Å². The molecule has 0 atom stereocenters. The summed E-state index contributed by atoms with van der Waals surface area (Å²) >= 11 is 0. The fourth-order valence-electron chi connectivity index (χ4n) is 1.28. The van der Waals surface area contributed by atoms with E-state index in [1.54, 1.807) is 12.1 Å². The van der Waals surface area contributed by atoms with Crippen LogP contribution in [0, 0.1) is 0 Å². The number of aromatic hydroxyl groups is 1. The number of carbonyl (C=O) groups is 1. The summed E-state index contributed by atoms with van der Waals surface area (Å²) in [5.74, 6) is 0.0551. The molecule has 0 aliphatic carbocycles. The Hall–Kier alpha value is -1.55. The Morgan fingerprint density at radius 3 is 2.50 bits per heavy atom. The number of phenols is 1. The molecule has 4 heteroatoms. The first-order chi connectivity index (χ1) is 7.74. The first kappa shape index (κ1) is 12.5. The summed E-state index contributed by atoms with van der Waals surface area (Å²) < 4.78 is 0. The summed E-state index contributed by atoms with van der Waals surface area (Å²) in [5.41, 5.74) is 0.563. The molecule has 3 N–H and O–H groups in total. The fraction of sp³-hybridized carbons (Fsp3) is 0.417. The van der Waals surface area contributed by atoms with Gasteiger partial charge in [0, 0.05) is 18.7 Å². The van der Waals surface area contributed by atoms with Crippen molar-refractivity contribution in [2.24, 2.45) is 0 Å². The van der Waals surface area contributed by atoms with Crippen molar-refractivity contribution < 1.29 is 9.90 Å². The number of hydrogen-bond acceptors (Lipinski definition) is 3. The summed E-state index contributed by atoms with van der Waals surface area (Å²) in [6.07, 6.45) is 1.09. The summed E-state index contributed by atoms with van der Waals surface area (Å²) in [5, 5.41) is 15.1. The van der Waals surface area contributed by atoms with Crippen molar-refractivity contribution in [1.29, 1.82) is 0 Å². The molecule has 0 heterocycles. The number of benzene rings is 1. The molecule has 16 heavy (non-hydrogen) atoms. The molecule has 1 aromatic carbocycles. The van der Waals surface area contributed by atoms with Gasteiger partial charge in [0.2, 0.25) is 0 Å². The van der Waals surface area contributed by atoms with Crippen LogP contribution in [-0.4, -0.2) is 30.6 Å². The van der Waals surface area contributed by atoms with E-state index in [-0.39, 0.29) is 11.7 Å². The highest BCUT2D eigenvalue weighted by molar-refractivity contribution is 5.94. The molecule has 88 valence electrons. The zero-order valence-electron chi connectivity index (χ0n) is 9.49. The van der Waals surface area contributed by atoms with Gasteiger partial charge in [-0.15, -0.1) is 0 Å². The predicted molar refractivity (Wildman–Crippen MR) is 63.6 cm³/mol. The van der Waals surface area contributed by atoms with Gasteiger partial charge in [0.1, 0.15) is 5.75 Å². The minimum absolute atomic E-state index is 0.113. The topological polar surface area (TPSA) is 61.4 Å². The Balaban J connectivity index is 2.27. The van der Waals surface area contributed by atoms with E-state index in [0.29, 0.717) is 12.1 Å². The molecular formula is C12H18N2O2. The molecule has 0 unspecified atom stereocenters. The Morgan fingerprint density at radius 1 is 1.19 bits per heavy atom. The monoisotopic (exact) mass is 222 g/mol. The van der Waals surface area contributed by atoms with Gasteiger partial charge in [-0.25, -0.2) is 0 Å². The predicted octanol–water partition coefficient (Wildman–Crippen LogP) is 1.12. The van der Waals surface area contributed by atoms with Crippen molar-refractivity contribution >= 4 is 5.91 Å². The van der Waals surface area contributed by atoms with Gasteiger partial charge in [-0.3, -0.25) is 4.79 Å². The zero-order valence-corrected chi connectivity index (χ0v) is 9.49. The van der Waals surface area contributed by atoms with Crippen LogP contribution in [0.2, 0.25) is 0 Å². The number of amides is 1. The second-order valence-electron chi connectivity index (χ2n) is 3.55. The summed E-state index contributed by atoms with van der Waals surface area (Å²) in [6.45, 7) is 4.45. The maximum atomic E-state index is 11.6. The molecule has 1 rings (SSSR count). The lowest BCUT2D eigenvalue weighted by Crippen LogP contribution is -2.32. The molecule has 1 amide bonds. The van der Waals surface area contributed by atoms with E-state index in [2.05, 4.69) is 17.6 Å². The number of nitrogens with one attached hydrogen (secondary N) is 2. The average Bonchev–Trinajstić information content (AvgIpc) is 2.29. The highest BCUT2D eigenvalue weighted by Crippen LogP contribution is 2.08. The average molecular weight is 222 g/mol. The van der Waals surface area contributed by atoms with E-state index in [4.69, 9.17) is 5.11 Å². The van der Waals surface area contributed by atoms with Gasteiger partial charge in [0.25, 0.3) is 5.91 Å². The van der Waals surface area contributed by atoms with Crippen LogP contribution in [-0.2, 0) is 0 Å². The molecule has 1 aromatic rings. The third-order valence-corrected chi connectivity index (χ3v) is 2.14. The van der Waals surface area contributed by atoms with E-state index in [0.717, 1.165) is 19.5 Å². The fourth-order valence-corrected chi connectivity index (χ4v) is 1.28. The molecular weight excluding hydrogens is 204 g/mol. The SMILES string of the molecule is CCCNCCNC(=O)c1ccc(O)cc1. The lowest BCUT2D eigenvalue weighted by Gasteiger charge is -2.06. The Bertz CT molecular complexity index is 322. The third-order valence-electron chi connectivity index (χ3n) is 2.14. The van der Waals surface area contributed by atoms with Crippen LogP contribution < -0.4 is 10.6 Å². The number of phenolic OH excluding ortho intramolecular Hbond substituents is 1. The smallest absolute Gasteiger partial charge is 0.251 e. The summed E-state index contributed by atoms with van der Waals surface area (Å²) in [7, 11) is 0. The minimum atomic E-state index is -0.113. The van der Waals surface area contributed by atoms with Gasteiger partial charge in [0.05, 0.1) is 0 Å². The molecule has 0 aliphatic rings. The van der Waals surface area contributed by atoms with Crippen LogP contribution in [0.4, 0.5) is 0 Å². The van der Waals surface area contributed by atoms with Crippen molar-refractivity contribution in [1.82, 2.24) is 10.6 Å². The molecule has 0 aromatic heterocycles. The first-order valence-corrected chi connectivity index (χ1v) is 5.52. The van der Waals surface area contributed by atoms with Crippen molar-refractivity contribution in [3.63, 3.8) is 0 Å². The number of carbonyl (C=O) groups excluding carboxylic acids is 1. The lowest BCUT2D eigenvalue weighted by molar-refractivity contribution is 0.0954. The standard InChI is InChI=1S/C12H18N2O2/c1-2-7-13-8-9-14-12(16)10-3-5-11(15)6-4-10/h3-6,13,15H,2,7-9H2,1H3,(H,14,16). The molecule has 4 nitrogen and oxygen atoms in total. The Morgan fingerprint density at radius 2 is 1.88 bits per heavy atom. The largest absolute Gasteiger partial charge is 0.508 e. The van der Waals surface area contributed by atoms with Crippen molar-refractivity contribution in [3.05, 3.63) is 29.8 Å². The van der Waals surface area contributed by atoms with Crippen LogP contribution in [0.3, 0.4) is 0 Å². The number of rotatable bonds is 6. The van der Waals surface area contributed by atoms with Gasteiger partial charge in [-0.2, -0.15) is 0 Å². The highest BCUT2D eigenvalue weighted by Gasteiger charge is 2.03. The second kappa shape index (κ2) is 6.85. The van der Waals surface area contributed by atoms with Gasteiger partial charge in [0.15, 0.2) is 0 Å². The highest BCUT2D eigenvalue weighted by atomic mass is 16.3. The van der Waals surface area contributed by atoms with E-state index in [1.165, 1.54) is 12.1 Å². The maximum absolute atomic E-state index is 11.6. The van der Waals surface area contributed by atoms with Crippen LogP contribution in [0.1, 0.15) is 23.7 Å². The van der Waals surface area contributed by atoms with E-state index >= 15 is 0 Å². The van der Waals surface area contributed by atoms with Gasteiger partial charge >= 0.3 is 0 Å². The molecule has 0 aliphatic heterocycles. The Labute approximate surface area is 95.7 Å². The van der Waals surface area contributed by atoms with Crippen molar-refractivity contribution in [2.45, 2.75) is 13.3 Å². The second-order valence-corrected chi connectivity index (χ2v) is 3.55. The molecule has 0 saturated carbocycles. The minimum Gasteiger partial charge on any atom is -0.508 e.